The number of hydrogen-bond donors (Lipinski definition) is 0. The summed E-state index contributed by atoms with van der Waals surface area (Å²) in [6, 6.07) is 1.59. The van der Waals surface area contributed by atoms with E-state index in [1.54, 1.807) is 6.07 Å². The Morgan fingerprint density at radius 2 is 1.93 bits per heavy atom. The first-order valence-electron chi connectivity index (χ1n) is 4.70. The van der Waals surface area contributed by atoms with Gasteiger partial charge >= 0.3 is 0 Å². The Morgan fingerprint density at radius 1 is 1.21 bits per heavy atom. The monoisotopic (exact) mass is 210 g/mol. The van der Waals surface area contributed by atoms with Gasteiger partial charge in [-0.2, -0.15) is 8.75 Å². The summed E-state index contributed by atoms with van der Waals surface area (Å²) in [5.41, 5.74) is 3.25. The van der Waals surface area contributed by atoms with Crippen molar-refractivity contribution in [3.8, 4) is 0 Å². The number of halogens is 1. The second-order valence-corrected chi connectivity index (χ2v) is 3.69. The van der Waals surface area contributed by atoms with Gasteiger partial charge in [0.1, 0.15) is 16.9 Å². The van der Waals surface area contributed by atoms with E-state index in [0.717, 1.165) is 34.7 Å². The molecule has 0 aliphatic rings. The highest BCUT2D eigenvalue weighted by Gasteiger charge is 2.13. The Kier molecular flexibility index (Phi) is 2.46. The molecule has 0 unspecified atom stereocenters. The van der Waals surface area contributed by atoms with Crippen molar-refractivity contribution in [3.63, 3.8) is 0 Å². The molecule has 0 bridgehead atoms. The first-order chi connectivity index (χ1) is 6.77. The molecule has 0 spiro atoms. The van der Waals surface area contributed by atoms with Crippen molar-refractivity contribution in [1.29, 1.82) is 0 Å². The van der Waals surface area contributed by atoms with Crippen molar-refractivity contribution in [2.75, 3.05) is 0 Å². The van der Waals surface area contributed by atoms with Crippen molar-refractivity contribution < 1.29 is 4.39 Å². The fourth-order valence-corrected chi connectivity index (χ4v) is 2.23. The molecule has 0 N–H and O–H groups in total. The quantitative estimate of drug-likeness (QED) is 0.761. The summed E-state index contributed by atoms with van der Waals surface area (Å²) in [5, 5.41) is 0. The van der Waals surface area contributed by atoms with Gasteiger partial charge in [-0.3, -0.25) is 0 Å². The first kappa shape index (κ1) is 9.52. The van der Waals surface area contributed by atoms with Crippen LogP contribution in [0, 0.1) is 5.82 Å². The molecule has 14 heavy (non-hydrogen) atoms. The average Bonchev–Trinajstić information content (AvgIpc) is 2.65. The second-order valence-electron chi connectivity index (χ2n) is 3.16. The highest BCUT2D eigenvalue weighted by molar-refractivity contribution is 7.00. The zero-order valence-corrected chi connectivity index (χ0v) is 8.99. The molecule has 1 heterocycles. The Morgan fingerprint density at radius 3 is 2.57 bits per heavy atom. The molecule has 0 atom stereocenters. The number of rotatable bonds is 2. The summed E-state index contributed by atoms with van der Waals surface area (Å²) in [6.07, 6.45) is 1.46. The third-order valence-corrected chi connectivity index (χ3v) is 2.93. The number of aromatic nitrogens is 2. The smallest absolute Gasteiger partial charge is 0.129 e. The van der Waals surface area contributed by atoms with Crippen LogP contribution in [0.25, 0.3) is 11.0 Å². The third kappa shape index (κ3) is 1.30. The summed E-state index contributed by atoms with van der Waals surface area (Å²) in [6.45, 7) is 3.93. The Balaban J connectivity index is 2.81. The molecule has 0 aliphatic heterocycles. The zero-order chi connectivity index (χ0) is 10.1. The molecule has 0 radical (unpaired) electrons. The van der Waals surface area contributed by atoms with E-state index >= 15 is 0 Å². The number of hydrogen-bond acceptors (Lipinski definition) is 3. The first-order valence-corrected chi connectivity index (χ1v) is 5.43. The van der Waals surface area contributed by atoms with Gasteiger partial charge in [-0.05, 0) is 24.5 Å². The minimum atomic E-state index is -0.149. The lowest BCUT2D eigenvalue weighted by Crippen LogP contribution is -1.94. The van der Waals surface area contributed by atoms with Crippen LogP contribution in [-0.2, 0) is 12.8 Å². The lowest BCUT2D eigenvalue weighted by Gasteiger charge is -2.03. The maximum Gasteiger partial charge on any atom is 0.129 e. The maximum atomic E-state index is 13.6. The molecule has 0 saturated carbocycles. The molecule has 0 aliphatic carbocycles. The van der Waals surface area contributed by atoms with Gasteiger partial charge in [0.15, 0.2) is 0 Å². The van der Waals surface area contributed by atoms with Gasteiger partial charge < -0.3 is 0 Å². The van der Waals surface area contributed by atoms with Gasteiger partial charge in [0.2, 0.25) is 0 Å². The van der Waals surface area contributed by atoms with E-state index in [0.29, 0.717) is 12.0 Å². The van der Waals surface area contributed by atoms with Crippen LogP contribution in [0.1, 0.15) is 25.0 Å². The summed E-state index contributed by atoms with van der Waals surface area (Å²) in [7, 11) is 0. The molecule has 0 saturated heterocycles. The van der Waals surface area contributed by atoms with Crippen LogP contribution in [0.15, 0.2) is 6.07 Å². The van der Waals surface area contributed by atoms with Gasteiger partial charge in [-0.1, -0.05) is 13.8 Å². The molecule has 4 heteroatoms. The van der Waals surface area contributed by atoms with Crippen molar-refractivity contribution in [1.82, 2.24) is 8.75 Å². The summed E-state index contributed by atoms with van der Waals surface area (Å²) >= 11 is 1.15. The summed E-state index contributed by atoms with van der Waals surface area (Å²) in [5.74, 6) is -0.149. The van der Waals surface area contributed by atoms with E-state index in [1.165, 1.54) is 0 Å². The van der Waals surface area contributed by atoms with Crippen LogP contribution in [0.3, 0.4) is 0 Å². The van der Waals surface area contributed by atoms with Crippen molar-refractivity contribution in [2.45, 2.75) is 26.7 Å². The zero-order valence-electron chi connectivity index (χ0n) is 8.17. The highest BCUT2D eigenvalue weighted by atomic mass is 32.1. The van der Waals surface area contributed by atoms with Crippen molar-refractivity contribution in [3.05, 3.63) is 23.0 Å². The minimum absolute atomic E-state index is 0.149. The van der Waals surface area contributed by atoms with Gasteiger partial charge in [0.05, 0.1) is 11.7 Å². The molecule has 0 amide bonds. The predicted octanol–water partition coefficient (Wildman–Crippen LogP) is 2.96. The van der Waals surface area contributed by atoms with Crippen LogP contribution < -0.4 is 0 Å². The summed E-state index contributed by atoms with van der Waals surface area (Å²) in [4.78, 5) is 0. The van der Waals surface area contributed by atoms with E-state index < -0.39 is 0 Å². The molecule has 1 aromatic heterocycles. The van der Waals surface area contributed by atoms with Crippen molar-refractivity contribution >= 4 is 22.8 Å². The number of nitrogens with zero attached hydrogens (tertiary/aromatic N) is 2. The fourth-order valence-electron chi connectivity index (χ4n) is 1.62. The number of fused-ring (bicyclic) bond motifs is 1. The van der Waals surface area contributed by atoms with Crippen LogP contribution in [0.5, 0.6) is 0 Å². The van der Waals surface area contributed by atoms with Crippen LogP contribution in [0.2, 0.25) is 0 Å². The maximum absolute atomic E-state index is 13.6. The Hall–Kier alpha value is -1.03. The van der Waals surface area contributed by atoms with Gasteiger partial charge in [0.25, 0.3) is 0 Å². The van der Waals surface area contributed by atoms with E-state index in [2.05, 4.69) is 8.75 Å². The molecular weight excluding hydrogens is 199 g/mol. The van der Waals surface area contributed by atoms with E-state index in [1.807, 2.05) is 13.8 Å². The van der Waals surface area contributed by atoms with Gasteiger partial charge in [0, 0.05) is 5.56 Å². The third-order valence-electron chi connectivity index (χ3n) is 2.40. The second kappa shape index (κ2) is 3.61. The average molecular weight is 210 g/mol. The van der Waals surface area contributed by atoms with Gasteiger partial charge in [-0.25, -0.2) is 4.39 Å². The van der Waals surface area contributed by atoms with E-state index in [-0.39, 0.29) is 5.82 Å². The molecule has 1 aromatic carbocycles. The van der Waals surface area contributed by atoms with E-state index in [9.17, 15) is 4.39 Å². The number of benzene rings is 1. The van der Waals surface area contributed by atoms with Crippen LogP contribution >= 0.6 is 11.7 Å². The lowest BCUT2D eigenvalue weighted by molar-refractivity contribution is 0.613. The SMILES string of the molecule is CCc1cc(F)c(CC)c2nsnc12. The largest absolute Gasteiger partial charge is 0.207 e. The van der Waals surface area contributed by atoms with Crippen LogP contribution in [-0.4, -0.2) is 8.75 Å². The molecular formula is C10H11FN2S. The molecule has 2 rings (SSSR count). The molecule has 2 nitrogen and oxygen atoms in total. The topological polar surface area (TPSA) is 25.8 Å². The van der Waals surface area contributed by atoms with Crippen molar-refractivity contribution in [2.24, 2.45) is 0 Å². The Labute approximate surface area is 86.1 Å². The van der Waals surface area contributed by atoms with E-state index in [4.69, 9.17) is 0 Å². The predicted molar refractivity (Wildman–Crippen MR) is 56.1 cm³/mol. The normalized spacial score (nSPS) is 11.1. The minimum Gasteiger partial charge on any atom is -0.207 e. The highest BCUT2D eigenvalue weighted by Crippen LogP contribution is 2.24. The molecule has 74 valence electrons. The lowest BCUT2D eigenvalue weighted by atomic mass is 10.0. The van der Waals surface area contributed by atoms with Gasteiger partial charge in [-0.15, -0.1) is 0 Å². The standard InChI is InChI=1S/C10H11FN2S/c1-3-6-5-8(11)7(4-2)10-9(6)12-14-13-10/h5H,3-4H2,1-2H3. The molecule has 0 fully saturated rings. The van der Waals surface area contributed by atoms with Crippen LogP contribution in [0.4, 0.5) is 4.39 Å². The fraction of sp³-hybridized carbons (Fsp3) is 0.400. The number of aryl methyl sites for hydroxylation is 2. The molecule has 2 aromatic rings. The Bertz CT molecular complexity index is 464. The summed E-state index contributed by atoms with van der Waals surface area (Å²) < 4.78 is 21.9.